The number of hydrogen-bond acceptors (Lipinski definition) is 6. The van der Waals surface area contributed by atoms with Gasteiger partial charge in [-0.1, -0.05) is 12.1 Å². The number of carbonyl (C=O) groups is 1. The first-order valence-corrected chi connectivity index (χ1v) is 9.12. The molecule has 7 heteroatoms. The predicted molar refractivity (Wildman–Crippen MR) is 110 cm³/mol. The van der Waals surface area contributed by atoms with E-state index in [2.05, 4.69) is 0 Å². The number of ether oxygens (including phenoxy) is 3. The molecule has 7 nitrogen and oxygen atoms in total. The van der Waals surface area contributed by atoms with Crippen LogP contribution in [0.15, 0.2) is 72.5 Å². The molecule has 0 unspecified atom stereocenters. The predicted octanol–water partition coefficient (Wildman–Crippen LogP) is 4.80. The van der Waals surface area contributed by atoms with Crippen LogP contribution in [0, 0.1) is 10.1 Å². The lowest BCUT2D eigenvalue weighted by Crippen LogP contribution is -1.98. The molecule has 0 N–H and O–H groups in total. The Hall–Kier alpha value is -4.13. The summed E-state index contributed by atoms with van der Waals surface area (Å²) in [6.45, 7) is 0.363. The Bertz CT molecular complexity index is 1130. The van der Waals surface area contributed by atoms with Gasteiger partial charge in [0.15, 0.2) is 5.76 Å². The summed E-state index contributed by atoms with van der Waals surface area (Å²) >= 11 is 0. The summed E-state index contributed by atoms with van der Waals surface area (Å²) in [4.78, 5) is 22.9. The van der Waals surface area contributed by atoms with Gasteiger partial charge in [-0.05, 0) is 53.6 Å². The van der Waals surface area contributed by atoms with Gasteiger partial charge in [0.05, 0.1) is 17.6 Å². The first-order valence-electron chi connectivity index (χ1n) is 9.12. The lowest BCUT2D eigenvalue weighted by atomic mass is 10.1. The number of Topliss-reactive ketones (excluding diaryl/α,β-unsaturated/α-hetero) is 1. The topological polar surface area (TPSA) is 87.9 Å². The van der Waals surface area contributed by atoms with Crippen molar-refractivity contribution < 1.29 is 23.9 Å². The highest BCUT2D eigenvalue weighted by atomic mass is 16.6. The first kappa shape index (κ1) is 19.2. The van der Waals surface area contributed by atoms with E-state index in [4.69, 9.17) is 14.2 Å². The molecule has 0 saturated carbocycles. The van der Waals surface area contributed by atoms with Crippen LogP contribution >= 0.6 is 0 Å². The number of ketones is 1. The van der Waals surface area contributed by atoms with E-state index < -0.39 is 4.92 Å². The number of fused-ring (bicyclic) bond motifs is 1. The number of benzene rings is 3. The molecule has 0 radical (unpaired) electrons. The van der Waals surface area contributed by atoms with Gasteiger partial charge in [-0.3, -0.25) is 14.9 Å². The molecule has 30 heavy (non-hydrogen) atoms. The van der Waals surface area contributed by atoms with E-state index in [1.807, 2.05) is 24.3 Å². The summed E-state index contributed by atoms with van der Waals surface area (Å²) < 4.78 is 16.6. The molecular weight excluding hydrogens is 386 g/mol. The van der Waals surface area contributed by atoms with Crippen LogP contribution in [0.3, 0.4) is 0 Å². The van der Waals surface area contributed by atoms with Gasteiger partial charge in [-0.25, -0.2) is 0 Å². The molecule has 1 aliphatic heterocycles. The molecule has 4 rings (SSSR count). The Kier molecular flexibility index (Phi) is 5.17. The zero-order valence-corrected chi connectivity index (χ0v) is 16.0. The van der Waals surface area contributed by atoms with Gasteiger partial charge in [-0.15, -0.1) is 0 Å². The van der Waals surface area contributed by atoms with Gasteiger partial charge in [0.1, 0.15) is 23.9 Å². The second kappa shape index (κ2) is 8.08. The zero-order valence-electron chi connectivity index (χ0n) is 16.0. The standard InChI is InChI=1S/C23H17NO6/c1-28-18-8-4-16(5-9-18)14-29-19-10-11-20-21(13-19)30-22(23(20)25)12-15-2-6-17(7-3-15)24(26)27/h2-13H,14H2,1H3. The number of allylic oxidation sites excluding steroid dienone is 1. The maximum atomic E-state index is 12.6. The molecule has 150 valence electrons. The molecule has 3 aromatic carbocycles. The van der Waals surface area contributed by atoms with Gasteiger partial charge in [0.25, 0.3) is 5.69 Å². The summed E-state index contributed by atoms with van der Waals surface area (Å²) in [5.41, 5.74) is 2.04. The van der Waals surface area contributed by atoms with E-state index in [1.165, 1.54) is 12.1 Å². The molecule has 0 fully saturated rings. The van der Waals surface area contributed by atoms with Crippen molar-refractivity contribution in [3.8, 4) is 17.2 Å². The SMILES string of the molecule is COc1ccc(COc2ccc3c(c2)OC(=Cc2ccc([N+](=O)[O-])cc2)C3=O)cc1. The molecule has 0 amide bonds. The normalized spacial score (nSPS) is 13.6. The third-order valence-corrected chi connectivity index (χ3v) is 4.61. The second-order valence-corrected chi connectivity index (χ2v) is 6.58. The summed E-state index contributed by atoms with van der Waals surface area (Å²) in [6.07, 6.45) is 1.56. The van der Waals surface area contributed by atoms with Crippen molar-refractivity contribution in [2.24, 2.45) is 0 Å². The Morgan fingerprint density at radius 1 is 1.00 bits per heavy atom. The number of nitro groups is 1. The molecule has 0 saturated heterocycles. The molecule has 0 spiro atoms. The van der Waals surface area contributed by atoms with Gasteiger partial charge >= 0.3 is 0 Å². The van der Waals surface area contributed by atoms with Crippen molar-refractivity contribution in [3.63, 3.8) is 0 Å². The third-order valence-electron chi connectivity index (χ3n) is 4.61. The summed E-state index contributed by atoms with van der Waals surface area (Å²) in [5, 5.41) is 10.8. The fourth-order valence-corrected chi connectivity index (χ4v) is 2.99. The number of methoxy groups -OCH3 is 1. The molecule has 0 atom stereocenters. The molecule has 0 aliphatic carbocycles. The van der Waals surface area contributed by atoms with E-state index in [1.54, 1.807) is 43.5 Å². The quantitative estimate of drug-likeness (QED) is 0.334. The Morgan fingerprint density at radius 3 is 2.37 bits per heavy atom. The number of non-ortho nitro benzene ring substituents is 1. The van der Waals surface area contributed by atoms with Crippen LogP contribution in [-0.2, 0) is 6.61 Å². The summed E-state index contributed by atoms with van der Waals surface area (Å²) in [7, 11) is 1.61. The van der Waals surface area contributed by atoms with Crippen LogP contribution < -0.4 is 14.2 Å². The average Bonchev–Trinajstić information content (AvgIpc) is 3.07. The van der Waals surface area contributed by atoms with Crippen LogP contribution in [0.1, 0.15) is 21.5 Å². The van der Waals surface area contributed by atoms with Gasteiger partial charge < -0.3 is 14.2 Å². The molecule has 1 heterocycles. The maximum absolute atomic E-state index is 12.6. The molecule has 3 aromatic rings. The fourth-order valence-electron chi connectivity index (χ4n) is 2.99. The van der Waals surface area contributed by atoms with E-state index >= 15 is 0 Å². The number of hydrogen-bond donors (Lipinski definition) is 0. The minimum absolute atomic E-state index is 0.0160. The molecule has 0 bridgehead atoms. The monoisotopic (exact) mass is 403 g/mol. The number of nitro benzene ring substituents is 1. The van der Waals surface area contributed by atoms with Crippen LogP contribution in [0.2, 0.25) is 0 Å². The summed E-state index contributed by atoms with van der Waals surface area (Å²) in [5.74, 6) is 1.68. The van der Waals surface area contributed by atoms with E-state index in [0.717, 1.165) is 11.3 Å². The molecular formula is C23H17NO6. The van der Waals surface area contributed by atoms with Crippen molar-refractivity contribution in [2.75, 3.05) is 7.11 Å². The minimum atomic E-state index is -0.475. The lowest BCUT2D eigenvalue weighted by molar-refractivity contribution is -0.384. The van der Waals surface area contributed by atoms with Crippen LogP contribution in [0.4, 0.5) is 5.69 Å². The second-order valence-electron chi connectivity index (χ2n) is 6.58. The highest BCUT2D eigenvalue weighted by Crippen LogP contribution is 2.35. The zero-order chi connectivity index (χ0) is 21.1. The lowest BCUT2D eigenvalue weighted by Gasteiger charge is -2.08. The Labute approximate surface area is 172 Å². The van der Waals surface area contributed by atoms with Gasteiger partial charge in [0, 0.05) is 18.2 Å². The van der Waals surface area contributed by atoms with Crippen molar-refractivity contribution >= 4 is 17.5 Å². The van der Waals surface area contributed by atoms with Crippen molar-refractivity contribution in [1.29, 1.82) is 0 Å². The number of rotatable bonds is 6. The molecule has 0 aromatic heterocycles. The van der Waals surface area contributed by atoms with Crippen LogP contribution in [0.25, 0.3) is 6.08 Å². The maximum Gasteiger partial charge on any atom is 0.269 e. The van der Waals surface area contributed by atoms with Crippen molar-refractivity contribution in [2.45, 2.75) is 6.61 Å². The average molecular weight is 403 g/mol. The smallest absolute Gasteiger partial charge is 0.269 e. The Balaban J connectivity index is 1.47. The molecule has 1 aliphatic rings. The van der Waals surface area contributed by atoms with Gasteiger partial charge in [0.2, 0.25) is 5.78 Å². The van der Waals surface area contributed by atoms with E-state index in [0.29, 0.717) is 29.2 Å². The largest absolute Gasteiger partial charge is 0.497 e. The van der Waals surface area contributed by atoms with E-state index in [9.17, 15) is 14.9 Å². The van der Waals surface area contributed by atoms with Gasteiger partial charge in [-0.2, -0.15) is 0 Å². The number of carbonyl (C=O) groups excluding carboxylic acids is 1. The van der Waals surface area contributed by atoms with Crippen LogP contribution in [-0.4, -0.2) is 17.8 Å². The van der Waals surface area contributed by atoms with Crippen LogP contribution in [0.5, 0.6) is 17.2 Å². The fraction of sp³-hybridized carbons (Fsp3) is 0.0870. The minimum Gasteiger partial charge on any atom is -0.497 e. The highest BCUT2D eigenvalue weighted by molar-refractivity contribution is 6.14. The van der Waals surface area contributed by atoms with Crippen molar-refractivity contribution in [1.82, 2.24) is 0 Å². The number of nitrogens with zero attached hydrogens (tertiary/aromatic N) is 1. The van der Waals surface area contributed by atoms with Crippen molar-refractivity contribution in [3.05, 3.63) is 99.3 Å². The highest BCUT2D eigenvalue weighted by Gasteiger charge is 2.27. The first-order chi connectivity index (χ1) is 14.5. The summed E-state index contributed by atoms with van der Waals surface area (Å²) in [6, 6.07) is 18.5. The Morgan fingerprint density at radius 2 is 1.70 bits per heavy atom. The third kappa shape index (κ3) is 4.00. The van der Waals surface area contributed by atoms with E-state index in [-0.39, 0.29) is 17.2 Å².